The number of hydrogen-bond acceptors (Lipinski definition) is 5. The number of nitrogens with one attached hydrogen (secondary N) is 1. The van der Waals surface area contributed by atoms with E-state index in [4.69, 9.17) is 0 Å². The van der Waals surface area contributed by atoms with E-state index in [1.165, 1.54) is 32.2 Å². The van der Waals surface area contributed by atoms with E-state index in [0.717, 1.165) is 0 Å². The van der Waals surface area contributed by atoms with E-state index >= 15 is 0 Å². The van der Waals surface area contributed by atoms with Gasteiger partial charge in [0.25, 0.3) is 0 Å². The van der Waals surface area contributed by atoms with E-state index < -0.39 is 17.9 Å². The zero-order valence-corrected chi connectivity index (χ0v) is 12.6. The van der Waals surface area contributed by atoms with Gasteiger partial charge in [-0.05, 0) is 24.6 Å². The van der Waals surface area contributed by atoms with Crippen LogP contribution in [0.25, 0.3) is 0 Å². The van der Waals surface area contributed by atoms with Gasteiger partial charge in [-0.1, -0.05) is 12.6 Å². The van der Waals surface area contributed by atoms with Crippen LogP contribution < -0.4 is 5.32 Å². The van der Waals surface area contributed by atoms with Gasteiger partial charge in [0.1, 0.15) is 6.04 Å². The van der Waals surface area contributed by atoms with Gasteiger partial charge in [-0.25, -0.2) is 4.79 Å². The summed E-state index contributed by atoms with van der Waals surface area (Å²) in [4.78, 5) is 23.2. The lowest BCUT2D eigenvalue weighted by atomic mass is 10.0. The number of phenols is 2. The molecule has 3 N–H and O–H groups in total. The number of carbonyl (C=O) groups is 2. The Labute approximate surface area is 128 Å². The van der Waals surface area contributed by atoms with Crippen molar-refractivity contribution in [3.05, 3.63) is 35.9 Å². The number of benzene rings is 1. The zero-order valence-electron chi connectivity index (χ0n) is 11.8. The standard InChI is InChI=1S/C14H17NO5.ClH/c1-8(2)13(18)15-10(14(19)20-3)6-9-4-5-11(16)12(17)7-9;/h4-5,7,10,16-17H,1,6H2,2-3H3,(H,15,18);1H/t10-;/m0./s1. The van der Waals surface area contributed by atoms with Crippen LogP contribution in [0.3, 0.4) is 0 Å². The van der Waals surface area contributed by atoms with Crippen LogP contribution in [0.5, 0.6) is 11.5 Å². The highest BCUT2D eigenvalue weighted by molar-refractivity contribution is 5.95. The van der Waals surface area contributed by atoms with Crippen LogP contribution in [0, 0.1) is 0 Å². The number of rotatable bonds is 5. The lowest BCUT2D eigenvalue weighted by Gasteiger charge is -2.16. The number of halogens is 1. The number of esters is 1. The molecule has 1 rings (SSSR count). The van der Waals surface area contributed by atoms with Crippen molar-refractivity contribution >= 4 is 24.3 Å². The van der Waals surface area contributed by atoms with Crippen molar-refractivity contribution < 1.29 is 24.5 Å². The average molecular weight is 316 g/mol. The third-order valence-corrected chi connectivity index (χ3v) is 2.66. The van der Waals surface area contributed by atoms with E-state index in [9.17, 15) is 19.8 Å². The van der Waals surface area contributed by atoms with Crippen molar-refractivity contribution in [2.24, 2.45) is 0 Å². The van der Waals surface area contributed by atoms with E-state index in [-0.39, 0.29) is 35.9 Å². The number of ether oxygens (including phenoxy) is 1. The third kappa shape index (κ3) is 5.35. The molecule has 1 amide bonds. The summed E-state index contributed by atoms with van der Waals surface area (Å²) in [5.74, 6) is -1.61. The Balaban J connectivity index is 0.00000400. The van der Waals surface area contributed by atoms with Crippen LogP contribution >= 0.6 is 12.4 Å². The molecule has 7 heteroatoms. The van der Waals surface area contributed by atoms with Crippen LogP contribution in [-0.4, -0.2) is 35.2 Å². The van der Waals surface area contributed by atoms with Crippen LogP contribution in [0.2, 0.25) is 0 Å². The Kier molecular flexibility index (Phi) is 7.30. The Hall–Kier alpha value is -2.21. The Bertz CT molecular complexity index is 544. The minimum absolute atomic E-state index is 0. The van der Waals surface area contributed by atoms with E-state index in [1.807, 2.05) is 0 Å². The van der Waals surface area contributed by atoms with Crippen molar-refractivity contribution in [1.82, 2.24) is 5.32 Å². The summed E-state index contributed by atoms with van der Waals surface area (Å²) in [5.41, 5.74) is 0.838. The van der Waals surface area contributed by atoms with Crippen molar-refractivity contribution in [2.45, 2.75) is 19.4 Å². The first kappa shape index (κ1) is 18.8. The molecule has 116 valence electrons. The number of aromatic hydroxyl groups is 2. The lowest BCUT2D eigenvalue weighted by Crippen LogP contribution is -2.43. The summed E-state index contributed by atoms with van der Waals surface area (Å²) in [6.45, 7) is 5.01. The van der Waals surface area contributed by atoms with Crippen LogP contribution in [-0.2, 0) is 20.7 Å². The van der Waals surface area contributed by atoms with Gasteiger partial charge < -0.3 is 20.3 Å². The molecule has 0 fully saturated rings. The lowest BCUT2D eigenvalue weighted by molar-refractivity contribution is -0.144. The summed E-state index contributed by atoms with van der Waals surface area (Å²) in [6.07, 6.45) is 0.125. The number of carbonyl (C=O) groups excluding carboxylic acids is 2. The van der Waals surface area contributed by atoms with Crippen LogP contribution in [0.1, 0.15) is 12.5 Å². The smallest absolute Gasteiger partial charge is 0.328 e. The minimum Gasteiger partial charge on any atom is -0.504 e. The average Bonchev–Trinajstić information content (AvgIpc) is 2.40. The zero-order chi connectivity index (χ0) is 15.3. The molecular weight excluding hydrogens is 298 g/mol. The van der Waals surface area contributed by atoms with E-state index in [2.05, 4.69) is 16.6 Å². The summed E-state index contributed by atoms with van der Waals surface area (Å²) in [6, 6.07) is 3.27. The maximum atomic E-state index is 11.6. The molecule has 0 radical (unpaired) electrons. The second-order valence-corrected chi connectivity index (χ2v) is 4.36. The molecule has 6 nitrogen and oxygen atoms in total. The van der Waals surface area contributed by atoms with Gasteiger partial charge >= 0.3 is 5.97 Å². The SMILES string of the molecule is C=C(C)C(=O)N[C@@H](Cc1ccc(O)c(O)c1)C(=O)OC.Cl. The van der Waals surface area contributed by atoms with E-state index in [1.54, 1.807) is 0 Å². The fraction of sp³-hybridized carbons (Fsp3) is 0.286. The highest BCUT2D eigenvalue weighted by Gasteiger charge is 2.22. The first-order chi connectivity index (χ1) is 9.35. The second kappa shape index (κ2) is 8.16. The van der Waals surface area contributed by atoms with Gasteiger partial charge in [-0.15, -0.1) is 12.4 Å². The van der Waals surface area contributed by atoms with Crippen molar-refractivity contribution in [1.29, 1.82) is 0 Å². The Morgan fingerprint density at radius 2 is 1.95 bits per heavy atom. The molecule has 21 heavy (non-hydrogen) atoms. The predicted molar refractivity (Wildman–Crippen MR) is 79.5 cm³/mol. The third-order valence-electron chi connectivity index (χ3n) is 2.66. The number of phenolic OH excluding ortho intramolecular Hbond substituents is 2. The highest BCUT2D eigenvalue weighted by atomic mass is 35.5. The molecule has 0 aliphatic carbocycles. The summed E-state index contributed by atoms with van der Waals surface area (Å²) in [5, 5.41) is 21.1. The molecule has 0 aromatic heterocycles. The van der Waals surface area contributed by atoms with Gasteiger partial charge in [0.05, 0.1) is 7.11 Å². The quantitative estimate of drug-likeness (QED) is 0.432. The maximum absolute atomic E-state index is 11.6. The molecule has 0 heterocycles. The fourth-order valence-electron chi connectivity index (χ4n) is 1.55. The van der Waals surface area contributed by atoms with Gasteiger partial charge in [-0.2, -0.15) is 0 Å². The molecule has 0 saturated heterocycles. The molecule has 1 aromatic carbocycles. The van der Waals surface area contributed by atoms with Crippen LogP contribution in [0.15, 0.2) is 30.4 Å². The van der Waals surface area contributed by atoms with Gasteiger partial charge in [0.15, 0.2) is 11.5 Å². The predicted octanol–water partition coefficient (Wildman–Crippen LogP) is 1.30. The van der Waals surface area contributed by atoms with Crippen molar-refractivity contribution in [3.63, 3.8) is 0 Å². The number of amides is 1. The summed E-state index contributed by atoms with van der Waals surface area (Å²) in [7, 11) is 1.22. The number of methoxy groups -OCH3 is 1. The topological polar surface area (TPSA) is 95.9 Å². The molecule has 0 unspecified atom stereocenters. The molecule has 0 spiro atoms. The first-order valence-corrected chi connectivity index (χ1v) is 5.90. The molecule has 0 saturated carbocycles. The monoisotopic (exact) mass is 315 g/mol. The summed E-state index contributed by atoms with van der Waals surface area (Å²) < 4.78 is 4.62. The largest absolute Gasteiger partial charge is 0.504 e. The Morgan fingerprint density at radius 1 is 1.33 bits per heavy atom. The van der Waals surface area contributed by atoms with Crippen molar-refractivity contribution in [2.75, 3.05) is 7.11 Å². The highest BCUT2D eigenvalue weighted by Crippen LogP contribution is 2.25. The van der Waals surface area contributed by atoms with Gasteiger partial charge in [-0.3, -0.25) is 4.79 Å². The second-order valence-electron chi connectivity index (χ2n) is 4.36. The summed E-state index contributed by atoms with van der Waals surface area (Å²) >= 11 is 0. The molecule has 0 aliphatic rings. The number of hydrogen-bond donors (Lipinski definition) is 3. The molecular formula is C14H18ClNO5. The minimum atomic E-state index is -0.895. The first-order valence-electron chi connectivity index (χ1n) is 5.90. The molecule has 1 atom stereocenters. The molecule has 0 bridgehead atoms. The normalized spacial score (nSPS) is 11.0. The fourth-order valence-corrected chi connectivity index (χ4v) is 1.55. The van der Waals surface area contributed by atoms with Crippen molar-refractivity contribution in [3.8, 4) is 11.5 Å². The van der Waals surface area contributed by atoms with Gasteiger partial charge in [0, 0.05) is 12.0 Å². The Morgan fingerprint density at radius 3 is 2.43 bits per heavy atom. The molecule has 1 aromatic rings. The van der Waals surface area contributed by atoms with Gasteiger partial charge in [0.2, 0.25) is 5.91 Å². The van der Waals surface area contributed by atoms with Crippen LogP contribution in [0.4, 0.5) is 0 Å². The maximum Gasteiger partial charge on any atom is 0.328 e. The van der Waals surface area contributed by atoms with E-state index in [0.29, 0.717) is 5.56 Å². The molecule has 0 aliphatic heterocycles.